The number of alkyl halides is 3. The van der Waals surface area contributed by atoms with E-state index in [2.05, 4.69) is 4.74 Å². The second-order valence-electron chi connectivity index (χ2n) is 5.69. The zero-order valence-electron chi connectivity index (χ0n) is 12.9. The van der Waals surface area contributed by atoms with E-state index in [4.69, 9.17) is 9.84 Å². The Kier molecular flexibility index (Phi) is 5.64. The number of nitrogens with one attached hydrogen (secondary N) is 1. The van der Waals surface area contributed by atoms with Crippen LogP contribution >= 0.6 is 0 Å². The van der Waals surface area contributed by atoms with Gasteiger partial charge in [0.15, 0.2) is 6.04 Å². The molecule has 0 aliphatic rings. The Labute approximate surface area is 134 Å². The van der Waals surface area contributed by atoms with Crippen LogP contribution in [0.2, 0.25) is 0 Å². The third-order valence-electron chi connectivity index (χ3n) is 2.37. The van der Waals surface area contributed by atoms with E-state index >= 15 is 0 Å². The number of carbonyl (C=O) groups excluding carboxylic acids is 1. The molecule has 6 nitrogen and oxygen atoms in total. The van der Waals surface area contributed by atoms with Crippen LogP contribution in [0.3, 0.4) is 0 Å². The average Bonchev–Trinajstić information content (AvgIpc) is 2.30. The van der Waals surface area contributed by atoms with Gasteiger partial charge in [-0.05, 0) is 38.5 Å². The smallest absolute Gasteiger partial charge is 0.479 e. The van der Waals surface area contributed by atoms with Crippen molar-refractivity contribution in [2.24, 2.45) is 0 Å². The largest absolute Gasteiger partial charge is 0.573 e. The van der Waals surface area contributed by atoms with E-state index in [1.54, 1.807) is 0 Å². The highest BCUT2D eigenvalue weighted by Crippen LogP contribution is 2.27. The SMILES string of the molecule is CC(C)(C)OC(=O)NC(C(=O)O)c1cc(F)cc(OC(F)(F)F)c1. The van der Waals surface area contributed by atoms with Crippen LogP contribution in [0, 0.1) is 5.82 Å². The van der Waals surface area contributed by atoms with Crippen molar-refractivity contribution in [2.75, 3.05) is 0 Å². The van der Waals surface area contributed by atoms with Gasteiger partial charge in [-0.25, -0.2) is 14.0 Å². The maximum absolute atomic E-state index is 13.5. The zero-order chi connectivity index (χ0) is 18.7. The number of carboxylic acid groups (broad SMARTS) is 1. The molecule has 1 aromatic carbocycles. The Balaban J connectivity index is 3.08. The number of ether oxygens (including phenoxy) is 2. The van der Waals surface area contributed by atoms with Crippen molar-refractivity contribution in [2.45, 2.75) is 38.8 Å². The molecule has 0 heterocycles. The van der Waals surface area contributed by atoms with E-state index in [0.717, 1.165) is 0 Å². The number of carboxylic acids is 1. The number of benzene rings is 1. The lowest BCUT2D eigenvalue weighted by Crippen LogP contribution is -2.38. The predicted octanol–water partition coefficient (Wildman–Crippen LogP) is 3.37. The number of alkyl carbamates (subject to hydrolysis) is 1. The molecule has 2 N–H and O–H groups in total. The van der Waals surface area contributed by atoms with Gasteiger partial charge in [0.1, 0.15) is 17.2 Å². The van der Waals surface area contributed by atoms with Crippen LogP contribution in [0.1, 0.15) is 32.4 Å². The van der Waals surface area contributed by atoms with E-state index < -0.39 is 47.2 Å². The van der Waals surface area contributed by atoms with Gasteiger partial charge in [0.05, 0.1) is 0 Å². The molecule has 0 saturated carbocycles. The molecular formula is C14H15F4NO5. The van der Waals surface area contributed by atoms with Crippen molar-refractivity contribution < 1.29 is 41.7 Å². The Morgan fingerprint density at radius 1 is 1.17 bits per heavy atom. The lowest BCUT2D eigenvalue weighted by Gasteiger charge is -2.22. The molecule has 1 unspecified atom stereocenters. The molecule has 0 aromatic heterocycles. The third kappa shape index (κ3) is 6.71. The Morgan fingerprint density at radius 2 is 1.75 bits per heavy atom. The van der Waals surface area contributed by atoms with Gasteiger partial charge in [-0.1, -0.05) is 0 Å². The number of amides is 1. The summed E-state index contributed by atoms with van der Waals surface area (Å²) in [6, 6.07) is -0.0682. The van der Waals surface area contributed by atoms with E-state index in [0.29, 0.717) is 18.2 Å². The summed E-state index contributed by atoms with van der Waals surface area (Å²) in [5.74, 6) is -3.73. The first-order valence-electron chi connectivity index (χ1n) is 6.55. The molecular weight excluding hydrogens is 338 g/mol. The van der Waals surface area contributed by atoms with Crippen LogP contribution in [0.4, 0.5) is 22.4 Å². The number of carbonyl (C=O) groups is 2. The van der Waals surface area contributed by atoms with E-state index in [1.807, 2.05) is 5.32 Å². The molecule has 0 spiro atoms. The van der Waals surface area contributed by atoms with E-state index in [-0.39, 0.29) is 0 Å². The molecule has 1 rings (SSSR count). The van der Waals surface area contributed by atoms with Crippen LogP contribution < -0.4 is 10.1 Å². The lowest BCUT2D eigenvalue weighted by atomic mass is 10.1. The summed E-state index contributed by atoms with van der Waals surface area (Å²) in [4.78, 5) is 22.9. The minimum atomic E-state index is -5.08. The molecule has 0 aliphatic carbocycles. The van der Waals surface area contributed by atoms with Crippen molar-refractivity contribution in [3.05, 3.63) is 29.6 Å². The standard InChI is InChI=1S/C14H15F4NO5/c1-13(2,3)24-12(22)19-10(11(20)21)7-4-8(15)6-9(5-7)23-14(16,17)18/h4-6,10H,1-3H3,(H,19,22)(H,20,21). The fourth-order valence-corrected chi connectivity index (χ4v) is 1.66. The van der Waals surface area contributed by atoms with Gasteiger partial charge in [-0.3, -0.25) is 0 Å². The minimum Gasteiger partial charge on any atom is -0.479 e. The van der Waals surface area contributed by atoms with Gasteiger partial charge in [-0.15, -0.1) is 13.2 Å². The minimum absolute atomic E-state index is 0.434. The molecule has 1 amide bonds. The monoisotopic (exact) mass is 353 g/mol. The highest BCUT2D eigenvalue weighted by Gasteiger charge is 2.32. The van der Waals surface area contributed by atoms with Gasteiger partial charge in [0.25, 0.3) is 0 Å². The Morgan fingerprint density at radius 3 is 2.21 bits per heavy atom. The molecule has 0 bridgehead atoms. The highest BCUT2D eigenvalue weighted by atomic mass is 19.4. The van der Waals surface area contributed by atoms with Crippen molar-refractivity contribution >= 4 is 12.1 Å². The van der Waals surface area contributed by atoms with E-state index in [1.165, 1.54) is 20.8 Å². The maximum atomic E-state index is 13.5. The van der Waals surface area contributed by atoms with Crippen molar-refractivity contribution in [3.8, 4) is 5.75 Å². The topological polar surface area (TPSA) is 84.9 Å². The highest BCUT2D eigenvalue weighted by molar-refractivity contribution is 5.81. The molecule has 1 aromatic rings. The molecule has 0 aliphatic heterocycles. The lowest BCUT2D eigenvalue weighted by molar-refractivity contribution is -0.274. The molecule has 1 atom stereocenters. The van der Waals surface area contributed by atoms with Crippen molar-refractivity contribution in [1.29, 1.82) is 0 Å². The van der Waals surface area contributed by atoms with Gasteiger partial charge in [0.2, 0.25) is 0 Å². The second kappa shape index (κ2) is 6.93. The van der Waals surface area contributed by atoms with E-state index in [9.17, 15) is 27.2 Å². The first kappa shape index (κ1) is 19.5. The summed E-state index contributed by atoms with van der Waals surface area (Å²) in [6.45, 7) is 4.58. The first-order chi connectivity index (χ1) is 10.8. The van der Waals surface area contributed by atoms with Crippen LogP contribution in [-0.2, 0) is 9.53 Å². The molecule has 24 heavy (non-hydrogen) atoms. The van der Waals surface area contributed by atoms with Gasteiger partial charge >= 0.3 is 18.4 Å². The third-order valence-corrected chi connectivity index (χ3v) is 2.37. The zero-order valence-corrected chi connectivity index (χ0v) is 12.9. The van der Waals surface area contributed by atoms with Crippen LogP contribution in [0.15, 0.2) is 18.2 Å². The summed E-state index contributed by atoms with van der Waals surface area (Å²) < 4.78 is 58.5. The molecule has 10 heteroatoms. The number of rotatable bonds is 4. The summed E-state index contributed by atoms with van der Waals surface area (Å²) in [5, 5.41) is 11.1. The summed E-state index contributed by atoms with van der Waals surface area (Å²) in [5.41, 5.74) is -1.38. The number of aliphatic carboxylic acids is 1. The van der Waals surface area contributed by atoms with Crippen LogP contribution in [-0.4, -0.2) is 29.1 Å². The number of halogens is 4. The number of hydrogen-bond acceptors (Lipinski definition) is 4. The Hall–Kier alpha value is -2.52. The van der Waals surface area contributed by atoms with Crippen LogP contribution in [0.25, 0.3) is 0 Å². The summed E-state index contributed by atoms with van der Waals surface area (Å²) in [7, 11) is 0. The van der Waals surface area contributed by atoms with Gasteiger partial charge < -0.3 is 19.9 Å². The van der Waals surface area contributed by atoms with Crippen molar-refractivity contribution in [1.82, 2.24) is 5.32 Å². The molecule has 0 saturated heterocycles. The fourth-order valence-electron chi connectivity index (χ4n) is 1.66. The first-order valence-corrected chi connectivity index (χ1v) is 6.55. The summed E-state index contributed by atoms with van der Waals surface area (Å²) in [6.07, 6.45) is -6.21. The Bertz CT molecular complexity index is 625. The van der Waals surface area contributed by atoms with Gasteiger partial charge in [-0.2, -0.15) is 0 Å². The van der Waals surface area contributed by atoms with Gasteiger partial charge in [0, 0.05) is 6.07 Å². The van der Waals surface area contributed by atoms with Crippen molar-refractivity contribution in [3.63, 3.8) is 0 Å². The van der Waals surface area contributed by atoms with Crippen LogP contribution in [0.5, 0.6) is 5.75 Å². The fraction of sp³-hybridized carbons (Fsp3) is 0.429. The quantitative estimate of drug-likeness (QED) is 0.811. The maximum Gasteiger partial charge on any atom is 0.573 e. The number of hydrogen-bond donors (Lipinski definition) is 2. The molecule has 0 radical (unpaired) electrons. The molecule has 0 fully saturated rings. The normalized spacial score (nSPS) is 13.1. The molecule has 134 valence electrons. The second-order valence-corrected chi connectivity index (χ2v) is 5.69. The predicted molar refractivity (Wildman–Crippen MR) is 72.8 cm³/mol. The average molecular weight is 353 g/mol. The summed E-state index contributed by atoms with van der Waals surface area (Å²) >= 11 is 0.